The largest absolute Gasteiger partial charge is 0.352 e. The van der Waals surface area contributed by atoms with Crippen molar-refractivity contribution in [1.29, 1.82) is 0 Å². The SMILES string of the molecule is CCNC(=O)c1cc(Br)c(C)c(C)c1C. The maximum absolute atomic E-state index is 11.7. The molecule has 0 aliphatic rings. The van der Waals surface area contributed by atoms with Gasteiger partial charge in [0.1, 0.15) is 0 Å². The van der Waals surface area contributed by atoms with Gasteiger partial charge in [-0.05, 0) is 50.5 Å². The van der Waals surface area contributed by atoms with E-state index < -0.39 is 0 Å². The Kier molecular flexibility index (Phi) is 3.91. The van der Waals surface area contributed by atoms with Crippen LogP contribution in [0.3, 0.4) is 0 Å². The van der Waals surface area contributed by atoms with Crippen molar-refractivity contribution in [3.05, 3.63) is 32.8 Å². The van der Waals surface area contributed by atoms with E-state index in [-0.39, 0.29) is 5.91 Å². The quantitative estimate of drug-likeness (QED) is 0.878. The summed E-state index contributed by atoms with van der Waals surface area (Å²) in [6.45, 7) is 8.65. The molecule has 82 valence electrons. The van der Waals surface area contributed by atoms with E-state index in [1.165, 1.54) is 11.1 Å². The molecule has 1 rings (SSSR count). The molecular formula is C12H16BrNO. The summed E-state index contributed by atoms with van der Waals surface area (Å²) in [6, 6.07) is 1.89. The van der Waals surface area contributed by atoms with Crippen LogP contribution in [0.15, 0.2) is 10.5 Å². The number of hydrogen-bond donors (Lipinski definition) is 1. The number of nitrogens with one attached hydrogen (secondary N) is 1. The smallest absolute Gasteiger partial charge is 0.251 e. The molecule has 0 aromatic heterocycles. The van der Waals surface area contributed by atoms with Gasteiger partial charge in [-0.1, -0.05) is 15.9 Å². The van der Waals surface area contributed by atoms with Crippen molar-refractivity contribution in [1.82, 2.24) is 5.32 Å². The highest BCUT2D eigenvalue weighted by Crippen LogP contribution is 2.25. The minimum Gasteiger partial charge on any atom is -0.352 e. The molecule has 1 amide bonds. The van der Waals surface area contributed by atoms with Crippen LogP contribution >= 0.6 is 15.9 Å². The zero-order chi connectivity index (χ0) is 11.6. The molecule has 1 aromatic carbocycles. The van der Waals surface area contributed by atoms with Crippen molar-refractivity contribution in [3.8, 4) is 0 Å². The second kappa shape index (κ2) is 4.79. The third-order valence-corrected chi connectivity index (χ3v) is 3.56. The number of rotatable bonds is 2. The van der Waals surface area contributed by atoms with Crippen LogP contribution in [0.5, 0.6) is 0 Å². The van der Waals surface area contributed by atoms with E-state index in [0.29, 0.717) is 6.54 Å². The molecule has 0 atom stereocenters. The zero-order valence-corrected chi connectivity index (χ0v) is 11.2. The Balaban J connectivity index is 3.26. The molecule has 3 heteroatoms. The maximum Gasteiger partial charge on any atom is 0.251 e. The molecular weight excluding hydrogens is 254 g/mol. The van der Waals surface area contributed by atoms with Crippen LogP contribution in [0.1, 0.15) is 34.0 Å². The Hall–Kier alpha value is -0.830. The summed E-state index contributed by atoms with van der Waals surface area (Å²) < 4.78 is 0.992. The Morgan fingerprint density at radius 3 is 2.40 bits per heavy atom. The van der Waals surface area contributed by atoms with E-state index in [1.54, 1.807) is 0 Å². The van der Waals surface area contributed by atoms with Gasteiger partial charge in [0.05, 0.1) is 0 Å². The minimum atomic E-state index is -0.00111. The van der Waals surface area contributed by atoms with E-state index >= 15 is 0 Å². The Bertz CT molecular complexity index is 399. The standard InChI is InChI=1S/C12H16BrNO/c1-5-14-12(15)10-6-11(13)9(4)7(2)8(10)3/h6H,5H2,1-4H3,(H,14,15). The van der Waals surface area contributed by atoms with Crippen molar-refractivity contribution < 1.29 is 4.79 Å². The van der Waals surface area contributed by atoms with E-state index in [0.717, 1.165) is 15.6 Å². The van der Waals surface area contributed by atoms with Crippen LogP contribution < -0.4 is 5.32 Å². The van der Waals surface area contributed by atoms with E-state index in [4.69, 9.17) is 0 Å². The maximum atomic E-state index is 11.7. The Labute approximate surface area is 99.2 Å². The van der Waals surface area contributed by atoms with Gasteiger partial charge in [-0.25, -0.2) is 0 Å². The van der Waals surface area contributed by atoms with Gasteiger partial charge in [-0.2, -0.15) is 0 Å². The van der Waals surface area contributed by atoms with Crippen LogP contribution in [-0.2, 0) is 0 Å². The highest BCUT2D eigenvalue weighted by molar-refractivity contribution is 9.10. The van der Waals surface area contributed by atoms with E-state index in [9.17, 15) is 4.79 Å². The summed E-state index contributed by atoms with van der Waals surface area (Å²) in [5.74, 6) is -0.00111. The van der Waals surface area contributed by atoms with Crippen molar-refractivity contribution in [2.45, 2.75) is 27.7 Å². The monoisotopic (exact) mass is 269 g/mol. The van der Waals surface area contributed by atoms with Crippen LogP contribution in [-0.4, -0.2) is 12.5 Å². The zero-order valence-electron chi connectivity index (χ0n) is 9.57. The molecule has 0 saturated heterocycles. The van der Waals surface area contributed by atoms with Gasteiger partial charge >= 0.3 is 0 Å². The molecule has 0 fully saturated rings. The third-order valence-electron chi connectivity index (χ3n) is 2.74. The second-order valence-electron chi connectivity index (χ2n) is 3.64. The number of hydrogen-bond acceptors (Lipinski definition) is 1. The van der Waals surface area contributed by atoms with Gasteiger partial charge in [-0.3, -0.25) is 4.79 Å². The van der Waals surface area contributed by atoms with Crippen molar-refractivity contribution in [2.75, 3.05) is 6.54 Å². The van der Waals surface area contributed by atoms with E-state index in [2.05, 4.69) is 21.2 Å². The van der Waals surface area contributed by atoms with Gasteiger partial charge < -0.3 is 5.32 Å². The fraction of sp³-hybridized carbons (Fsp3) is 0.417. The topological polar surface area (TPSA) is 29.1 Å². The molecule has 1 aromatic rings. The first-order valence-corrected chi connectivity index (χ1v) is 5.82. The lowest BCUT2D eigenvalue weighted by molar-refractivity contribution is 0.0955. The lowest BCUT2D eigenvalue weighted by atomic mass is 9.98. The fourth-order valence-corrected chi connectivity index (χ4v) is 2.02. The highest BCUT2D eigenvalue weighted by Gasteiger charge is 2.13. The normalized spacial score (nSPS) is 10.2. The van der Waals surface area contributed by atoms with Crippen LogP contribution in [0.4, 0.5) is 0 Å². The predicted molar refractivity (Wildman–Crippen MR) is 66.4 cm³/mol. The van der Waals surface area contributed by atoms with Crippen molar-refractivity contribution in [3.63, 3.8) is 0 Å². The van der Waals surface area contributed by atoms with Crippen LogP contribution in [0, 0.1) is 20.8 Å². The molecule has 0 spiro atoms. The number of benzene rings is 1. The molecule has 0 heterocycles. The Morgan fingerprint density at radius 2 is 1.87 bits per heavy atom. The summed E-state index contributed by atoms with van der Waals surface area (Å²) >= 11 is 3.47. The summed E-state index contributed by atoms with van der Waals surface area (Å²) in [5, 5.41) is 2.82. The molecule has 15 heavy (non-hydrogen) atoms. The average Bonchev–Trinajstić information content (AvgIpc) is 2.20. The fourth-order valence-electron chi connectivity index (χ4n) is 1.50. The molecule has 0 aliphatic carbocycles. The molecule has 0 unspecified atom stereocenters. The van der Waals surface area contributed by atoms with Crippen LogP contribution in [0.25, 0.3) is 0 Å². The van der Waals surface area contributed by atoms with Gasteiger partial charge in [0.15, 0.2) is 0 Å². The summed E-state index contributed by atoms with van der Waals surface area (Å²) in [7, 11) is 0. The minimum absolute atomic E-state index is 0.00111. The van der Waals surface area contributed by atoms with E-state index in [1.807, 2.05) is 33.8 Å². The molecule has 1 N–H and O–H groups in total. The number of carbonyl (C=O) groups excluding carboxylic acids is 1. The molecule has 0 radical (unpaired) electrons. The molecule has 0 aliphatic heterocycles. The van der Waals surface area contributed by atoms with Crippen molar-refractivity contribution >= 4 is 21.8 Å². The van der Waals surface area contributed by atoms with Crippen LogP contribution in [0.2, 0.25) is 0 Å². The molecule has 0 saturated carbocycles. The number of carbonyl (C=O) groups is 1. The molecule has 0 bridgehead atoms. The lowest BCUT2D eigenvalue weighted by Gasteiger charge is -2.12. The number of halogens is 1. The van der Waals surface area contributed by atoms with Gasteiger partial charge in [0.2, 0.25) is 0 Å². The summed E-state index contributed by atoms with van der Waals surface area (Å²) in [6.07, 6.45) is 0. The first-order chi connectivity index (χ1) is 6.99. The Morgan fingerprint density at radius 1 is 1.27 bits per heavy atom. The first-order valence-electron chi connectivity index (χ1n) is 5.03. The molecule has 2 nitrogen and oxygen atoms in total. The third kappa shape index (κ3) is 2.40. The summed E-state index contributed by atoms with van der Waals surface area (Å²) in [5.41, 5.74) is 4.18. The average molecular weight is 270 g/mol. The summed E-state index contributed by atoms with van der Waals surface area (Å²) in [4.78, 5) is 11.7. The second-order valence-corrected chi connectivity index (χ2v) is 4.49. The first kappa shape index (κ1) is 12.2. The van der Waals surface area contributed by atoms with Crippen molar-refractivity contribution in [2.24, 2.45) is 0 Å². The highest BCUT2D eigenvalue weighted by atomic mass is 79.9. The lowest BCUT2D eigenvalue weighted by Crippen LogP contribution is -2.24. The van der Waals surface area contributed by atoms with Gasteiger partial charge in [-0.15, -0.1) is 0 Å². The van der Waals surface area contributed by atoms with Gasteiger partial charge in [0, 0.05) is 16.6 Å². The van der Waals surface area contributed by atoms with Gasteiger partial charge in [0.25, 0.3) is 5.91 Å². The predicted octanol–water partition coefficient (Wildman–Crippen LogP) is 3.12. The number of amides is 1.